The summed E-state index contributed by atoms with van der Waals surface area (Å²) < 4.78 is 0. The Morgan fingerprint density at radius 3 is 2.65 bits per heavy atom. The van der Waals surface area contributed by atoms with Crippen LogP contribution in [0.3, 0.4) is 0 Å². The largest absolute Gasteiger partial charge is 0.405 e. The maximum Gasteiger partial charge on any atom is 0.0959 e. The lowest BCUT2D eigenvalue weighted by Gasteiger charge is -2.11. The van der Waals surface area contributed by atoms with E-state index in [1.54, 1.807) is 18.5 Å². The Morgan fingerprint density at radius 2 is 1.87 bits per heavy atom. The van der Waals surface area contributed by atoms with Gasteiger partial charge < -0.3 is 11.5 Å². The summed E-state index contributed by atoms with van der Waals surface area (Å²) >= 11 is 4.51. The lowest BCUT2D eigenvalue weighted by molar-refractivity contribution is 1.39. The fraction of sp³-hybridized carbons (Fsp3) is 0. The number of anilines is 1. The van der Waals surface area contributed by atoms with E-state index in [0.29, 0.717) is 5.69 Å². The third-order valence-corrected chi connectivity index (χ3v) is 3.92. The zero-order chi connectivity index (χ0) is 16.2. The Bertz CT molecular complexity index is 916. The highest BCUT2D eigenvalue weighted by molar-refractivity contribution is 7.80. The van der Waals surface area contributed by atoms with Crippen LogP contribution in [0.15, 0.2) is 70.8 Å². The van der Waals surface area contributed by atoms with Crippen molar-refractivity contribution in [2.24, 2.45) is 10.7 Å². The van der Waals surface area contributed by atoms with Gasteiger partial charge in [-0.1, -0.05) is 24.3 Å². The number of rotatable bonds is 3. The number of pyridine rings is 1. The van der Waals surface area contributed by atoms with Gasteiger partial charge in [0.25, 0.3) is 0 Å². The number of hydrogen-bond acceptors (Lipinski definition) is 5. The normalized spacial score (nSPS) is 11.7. The van der Waals surface area contributed by atoms with Gasteiger partial charge in [-0.25, -0.2) is 0 Å². The molecule has 23 heavy (non-hydrogen) atoms. The Kier molecular flexibility index (Phi) is 4.30. The quantitative estimate of drug-likeness (QED) is 0.388. The van der Waals surface area contributed by atoms with Gasteiger partial charge in [0.05, 0.1) is 16.9 Å². The molecule has 4 nitrogen and oxygen atoms in total. The van der Waals surface area contributed by atoms with Crippen molar-refractivity contribution in [1.82, 2.24) is 4.98 Å². The molecule has 0 atom stereocenters. The number of allylic oxidation sites excluding steroid dienone is 1. The number of thiol groups is 1. The van der Waals surface area contributed by atoms with Crippen LogP contribution in [-0.2, 0) is 0 Å². The molecule has 1 aromatic heterocycles. The molecule has 3 aromatic rings. The molecule has 4 N–H and O–H groups in total. The van der Waals surface area contributed by atoms with E-state index in [4.69, 9.17) is 11.5 Å². The molecule has 0 saturated heterocycles. The number of fused-ring (bicyclic) bond motifs is 1. The summed E-state index contributed by atoms with van der Waals surface area (Å²) in [5, 5.41) is 0.895. The number of nitrogen functional groups attached to an aromatic ring is 1. The first kappa shape index (κ1) is 15.1. The summed E-state index contributed by atoms with van der Waals surface area (Å²) in [6, 6.07) is 13.6. The predicted molar refractivity (Wildman–Crippen MR) is 100 cm³/mol. The molecule has 2 aromatic carbocycles. The summed E-state index contributed by atoms with van der Waals surface area (Å²) in [6.45, 7) is 0. The average molecular weight is 320 g/mol. The van der Waals surface area contributed by atoms with E-state index in [-0.39, 0.29) is 0 Å². The van der Waals surface area contributed by atoms with Gasteiger partial charge in [0, 0.05) is 28.3 Å². The van der Waals surface area contributed by atoms with Gasteiger partial charge in [0.1, 0.15) is 0 Å². The summed E-state index contributed by atoms with van der Waals surface area (Å²) in [4.78, 5) is 9.68. The van der Waals surface area contributed by atoms with Crippen molar-refractivity contribution in [3.8, 4) is 11.1 Å². The molecule has 0 aliphatic carbocycles. The van der Waals surface area contributed by atoms with Crippen molar-refractivity contribution in [3.05, 3.63) is 60.9 Å². The fourth-order valence-corrected chi connectivity index (χ4v) is 2.73. The van der Waals surface area contributed by atoms with Gasteiger partial charge in [-0.05, 0) is 36.0 Å². The Morgan fingerprint density at radius 1 is 1.04 bits per heavy atom. The van der Waals surface area contributed by atoms with Crippen molar-refractivity contribution in [1.29, 1.82) is 0 Å². The van der Waals surface area contributed by atoms with Crippen LogP contribution in [0.5, 0.6) is 0 Å². The minimum absolute atomic E-state index is 0.621. The number of benzene rings is 2. The molecule has 0 fully saturated rings. The van der Waals surface area contributed by atoms with Crippen molar-refractivity contribution in [2.75, 3.05) is 5.73 Å². The SMILES string of the molecule is NC=CC=Nc1ccnc2c(N)c(-c3ccccc3S)ccc12. The van der Waals surface area contributed by atoms with Crippen LogP contribution in [0.4, 0.5) is 11.4 Å². The Hall–Kier alpha value is -2.79. The first-order chi connectivity index (χ1) is 11.2. The average Bonchev–Trinajstić information content (AvgIpc) is 2.57. The van der Waals surface area contributed by atoms with Crippen molar-refractivity contribution < 1.29 is 0 Å². The maximum atomic E-state index is 6.36. The first-order valence-corrected chi connectivity index (χ1v) is 7.53. The first-order valence-electron chi connectivity index (χ1n) is 7.09. The lowest BCUT2D eigenvalue weighted by atomic mass is 10.0. The van der Waals surface area contributed by atoms with Crippen LogP contribution in [0.1, 0.15) is 0 Å². The third kappa shape index (κ3) is 2.91. The van der Waals surface area contributed by atoms with Gasteiger partial charge in [0.15, 0.2) is 0 Å². The van der Waals surface area contributed by atoms with E-state index >= 15 is 0 Å². The second-order valence-electron chi connectivity index (χ2n) is 4.93. The van der Waals surface area contributed by atoms with Crippen LogP contribution in [0.25, 0.3) is 22.0 Å². The second-order valence-corrected chi connectivity index (χ2v) is 5.42. The Balaban J connectivity index is 2.19. The van der Waals surface area contributed by atoms with E-state index in [0.717, 1.165) is 32.6 Å². The van der Waals surface area contributed by atoms with Crippen molar-refractivity contribution in [2.45, 2.75) is 4.90 Å². The number of hydrogen-bond donors (Lipinski definition) is 3. The van der Waals surface area contributed by atoms with Crippen LogP contribution in [-0.4, -0.2) is 11.2 Å². The van der Waals surface area contributed by atoms with Gasteiger partial charge in [-0.3, -0.25) is 9.98 Å². The number of nitrogens with zero attached hydrogens (tertiary/aromatic N) is 2. The number of nitrogens with two attached hydrogens (primary N) is 2. The number of aromatic nitrogens is 1. The van der Waals surface area contributed by atoms with Gasteiger partial charge >= 0.3 is 0 Å². The summed E-state index contributed by atoms with van der Waals surface area (Å²) in [7, 11) is 0. The standard InChI is InChI=1S/C18H16N4S/c19-9-3-10-21-15-8-11-22-18-14(15)7-6-13(17(18)20)12-4-1-2-5-16(12)23/h1-11,23H,19-20H2. The zero-order valence-corrected chi connectivity index (χ0v) is 13.2. The van der Waals surface area contributed by atoms with Crippen molar-refractivity contribution in [3.63, 3.8) is 0 Å². The van der Waals surface area contributed by atoms with Gasteiger partial charge in [0.2, 0.25) is 0 Å². The van der Waals surface area contributed by atoms with Crippen LogP contribution >= 0.6 is 12.6 Å². The van der Waals surface area contributed by atoms with Gasteiger partial charge in [-0.15, -0.1) is 12.6 Å². The van der Waals surface area contributed by atoms with Crippen molar-refractivity contribution >= 4 is 41.1 Å². The summed E-state index contributed by atoms with van der Waals surface area (Å²) in [5.74, 6) is 0. The fourth-order valence-electron chi connectivity index (χ4n) is 2.45. The molecule has 0 bridgehead atoms. The van der Waals surface area contributed by atoms with Crippen LogP contribution in [0.2, 0.25) is 0 Å². The molecule has 0 aliphatic heterocycles. The molecule has 0 saturated carbocycles. The zero-order valence-electron chi connectivity index (χ0n) is 12.3. The second kappa shape index (κ2) is 6.54. The number of aliphatic imine (C=N–C) groups is 1. The highest BCUT2D eigenvalue weighted by atomic mass is 32.1. The molecule has 114 valence electrons. The van der Waals surface area contributed by atoms with E-state index in [1.165, 1.54) is 6.20 Å². The molecule has 5 heteroatoms. The molecule has 3 rings (SSSR count). The molecular weight excluding hydrogens is 304 g/mol. The van der Waals surface area contributed by atoms with E-state index in [9.17, 15) is 0 Å². The van der Waals surface area contributed by atoms with Crippen LogP contribution in [0, 0.1) is 0 Å². The molecule has 0 aliphatic rings. The van der Waals surface area contributed by atoms with E-state index in [1.807, 2.05) is 42.5 Å². The molecule has 0 unspecified atom stereocenters. The third-order valence-electron chi connectivity index (χ3n) is 3.53. The van der Waals surface area contributed by atoms with Gasteiger partial charge in [-0.2, -0.15) is 0 Å². The highest BCUT2D eigenvalue weighted by Gasteiger charge is 2.11. The topological polar surface area (TPSA) is 77.3 Å². The van der Waals surface area contributed by atoms with Crippen LogP contribution < -0.4 is 11.5 Å². The lowest BCUT2D eigenvalue weighted by Crippen LogP contribution is -1.94. The molecule has 0 spiro atoms. The maximum absolute atomic E-state index is 6.36. The predicted octanol–water partition coefficient (Wildman–Crippen LogP) is 3.95. The summed E-state index contributed by atoms with van der Waals surface area (Å²) in [5.41, 5.74) is 15.7. The minimum atomic E-state index is 0.621. The molecule has 0 amide bonds. The molecule has 0 radical (unpaired) electrons. The van der Waals surface area contributed by atoms with E-state index in [2.05, 4.69) is 22.6 Å². The van der Waals surface area contributed by atoms with E-state index < -0.39 is 0 Å². The molecule has 1 heterocycles. The minimum Gasteiger partial charge on any atom is -0.405 e. The highest BCUT2D eigenvalue weighted by Crippen LogP contribution is 2.37. The molecular formula is C18H16N4S. The smallest absolute Gasteiger partial charge is 0.0959 e. The monoisotopic (exact) mass is 320 g/mol. The Labute approximate surface area is 140 Å². The summed E-state index contributed by atoms with van der Waals surface area (Å²) in [6.07, 6.45) is 6.44.